The van der Waals surface area contributed by atoms with Crippen LogP contribution in [0.3, 0.4) is 0 Å². The van der Waals surface area contributed by atoms with Gasteiger partial charge in [-0.3, -0.25) is 4.79 Å². The van der Waals surface area contributed by atoms with Gasteiger partial charge >= 0.3 is 12.1 Å². The van der Waals surface area contributed by atoms with Gasteiger partial charge in [0.25, 0.3) is 0 Å². The second-order valence-corrected chi connectivity index (χ2v) is 7.46. The number of ether oxygens (including phenoxy) is 1. The number of carbonyl (C=O) groups is 2. The van der Waals surface area contributed by atoms with Crippen LogP contribution in [0.25, 0.3) is 11.1 Å². The van der Waals surface area contributed by atoms with E-state index < -0.39 is 18.0 Å². The van der Waals surface area contributed by atoms with Gasteiger partial charge in [-0.2, -0.15) is 0 Å². The summed E-state index contributed by atoms with van der Waals surface area (Å²) < 4.78 is 5.64. The summed E-state index contributed by atoms with van der Waals surface area (Å²) in [6.45, 7) is 2.94. The van der Waals surface area contributed by atoms with Gasteiger partial charge in [0, 0.05) is 19.0 Å². The third kappa shape index (κ3) is 3.18. The Bertz CT molecular complexity index is 833. The molecule has 0 saturated carbocycles. The molecule has 27 heavy (non-hydrogen) atoms. The first-order chi connectivity index (χ1) is 13.1. The number of hydrogen-bond acceptors (Lipinski definition) is 3. The largest absolute Gasteiger partial charge is 0.481 e. The number of rotatable bonds is 3. The lowest BCUT2D eigenvalue weighted by Crippen LogP contribution is -2.46. The number of aliphatic carboxylic acids is 1. The summed E-state index contributed by atoms with van der Waals surface area (Å²) in [6.07, 6.45) is 0.260. The van der Waals surface area contributed by atoms with E-state index in [4.69, 9.17) is 4.74 Å². The van der Waals surface area contributed by atoms with E-state index in [1.807, 2.05) is 31.2 Å². The number of fused-ring (bicyclic) bond motifs is 3. The second-order valence-electron chi connectivity index (χ2n) is 7.46. The molecule has 2 aromatic rings. The maximum absolute atomic E-state index is 12.6. The van der Waals surface area contributed by atoms with Crippen LogP contribution in [0.5, 0.6) is 0 Å². The number of carbonyl (C=O) groups excluding carboxylic acids is 1. The lowest BCUT2D eigenvalue weighted by molar-refractivity contribution is -0.145. The Morgan fingerprint density at radius 2 is 1.67 bits per heavy atom. The minimum Gasteiger partial charge on any atom is -0.481 e. The molecule has 0 spiro atoms. The number of carboxylic acids is 1. The molecule has 1 amide bonds. The fourth-order valence-corrected chi connectivity index (χ4v) is 4.24. The first-order valence-electron chi connectivity index (χ1n) is 9.39. The standard InChI is InChI=1S/C22H23NO4/c1-14-10-11-23(12-19(14)21(24)25)22(26)27-13-20-17-8-4-2-6-15(17)16-7-3-5-9-18(16)20/h2-9,14,19-20H,10-13H2,1H3,(H,24,25). The molecule has 0 aromatic heterocycles. The van der Waals surface area contributed by atoms with Gasteiger partial charge in [0.15, 0.2) is 0 Å². The highest BCUT2D eigenvalue weighted by Crippen LogP contribution is 2.44. The van der Waals surface area contributed by atoms with E-state index in [-0.39, 0.29) is 25.0 Å². The van der Waals surface area contributed by atoms with Gasteiger partial charge in [0.2, 0.25) is 0 Å². The summed E-state index contributed by atoms with van der Waals surface area (Å²) in [5.41, 5.74) is 4.71. The molecule has 1 heterocycles. The van der Waals surface area contributed by atoms with Gasteiger partial charge in [-0.15, -0.1) is 0 Å². The highest BCUT2D eigenvalue weighted by molar-refractivity contribution is 5.79. The SMILES string of the molecule is CC1CCN(C(=O)OCC2c3ccccc3-c3ccccc32)CC1C(=O)O. The van der Waals surface area contributed by atoms with E-state index in [0.717, 1.165) is 0 Å². The van der Waals surface area contributed by atoms with Crippen LogP contribution < -0.4 is 0 Å². The van der Waals surface area contributed by atoms with Crippen molar-refractivity contribution in [1.82, 2.24) is 4.90 Å². The highest BCUT2D eigenvalue weighted by atomic mass is 16.6. The fourth-order valence-electron chi connectivity index (χ4n) is 4.24. The number of hydrogen-bond donors (Lipinski definition) is 1. The Hall–Kier alpha value is -2.82. The summed E-state index contributed by atoms with van der Waals surface area (Å²) in [7, 11) is 0. The Morgan fingerprint density at radius 3 is 2.26 bits per heavy atom. The van der Waals surface area contributed by atoms with Gasteiger partial charge < -0.3 is 14.7 Å². The minimum atomic E-state index is -0.848. The van der Waals surface area contributed by atoms with Crippen LogP contribution >= 0.6 is 0 Å². The van der Waals surface area contributed by atoms with E-state index in [1.54, 1.807) is 0 Å². The zero-order valence-electron chi connectivity index (χ0n) is 15.3. The molecule has 1 saturated heterocycles. The number of amides is 1. The molecule has 1 aliphatic heterocycles. The molecule has 1 aliphatic carbocycles. The van der Waals surface area contributed by atoms with Gasteiger partial charge in [-0.25, -0.2) is 4.79 Å². The smallest absolute Gasteiger partial charge is 0.409 e. The lowest BCUT2D eigenvalue weighted by atomic mass is 9.87. The van der Waals surface area contributed by atoms with E-state index in [9.17, 15) is 14.7 Å². The average Bonchev–Trinajstić information content (AvgIpc) is 3.00. The Balaban J connectivity index is 1.47. The molecule has 2 aromatic carbocycles. The fraction of sp³-hybridized carbons (Fsp3) is 0.364. The van der Waals surface area contributed by atoms with Crippen molar-refractivity contribution in [3.63, 3.8) is 0 Å². The number of nitrogens with zero attached hydrogens (tertiary/aromatic N) is 1. The molecule has 140 valence electrons. The molecule has 0 bridgehead atoms. The predicted molar refractivity (Wildman–Crippen MR) is 102 cm³/mol. The molecule has 2 unspecified atom stereocenters. The average molecular weight is 365 g/mol. The summed E-state index contributed by atoms with van der Waals surface area (Å²) in [6, 6.07) is 16.4. The number of benzene rings is 2. The number of carboxylic acid groups (broad SMARTS) is 1. The molecule has 4 rings (SSSR count). The number of likely N-dealkylation sites (tertiary alicyclic amines) is 1. The molecule has 0 radical (unpaired) electrons. The molecule has 2 aliphatic rings. The summed E-state index contributed by atoms with van der Waals surface area (Å²) in [5.74, 6) is -1.29. The van der Waals surface area contributed by atoms with Crippen molar-refractivity contribution in [1.29, 1.82) is 0 Å². The van der Waals surface area contributed by atoms with Gasteiger partial charge in [-0.05, 0) is 34.6 Å². The first kappa shape index (κ1) is 17.6. The number of piperidine rings is 1. The van der Waals surface area contributed by atoms with Crippen LogP contribution in [0, 0.1) is 11.8 Å². The molecular formula is C22H23NO4. The van der Waals surface area contributed by atoms with Crippen LogP contribution in [0.15, 0.2) is 48.5 Å². The van der Waals surface area contributed by atoms with Crippen LogP contribution in [0.2, 0.25) is 0 Å². The Labute approximate surface area is 158 Å². The molecule has 5 nitrogen and oxygen atoms in total. The topological polar surface area (TPSA) is 66.8 Å². The first-order valence-corrected chi connectivity index (χ1v) is 9.39. The maximum atomic E-state index is 12.6. The van der Waals surface area contributed by atoms with Crippen LogP contribution in [0.1, 0.15) is 30.4 Å². The molecule has 5 heteroatoms. The van der Waals surface area contributed by atoms with Crippen molar-refractivity contribution >= 4 is 12.1 Å². The van der Waals surface area contributed by atoms with Crippen molar-refractivity contribution in [2.45, 2.75) is 19.3 Å². The van der Waals surface area contributed by atoms with Crippen molar-refractivity contribution in [2.24, 2.45) is 11.8 Å². The molecule has 2 atom stereocenters. The monoisotopic (exact) mass is 365 g/mol. The molecule has 1 fully saturated rings. The highest BCUT2D eigenvalue weighted by Gasteiger charge is 2.35. The quantitative estimate of drug-likeness (QED) is 0.893. The van der Waals surface area contributed by atoms with Crippen LogP contribution in [-0.4, -0.2) is 41.8 Å². The van der Waals surface area contributed by atoms with Gasteiger partial charge in [0.1, 0.15) is 6.61 Å². The maximum Gasteiger partial charge on any atom is 0.409 e. The normalized spacial score (nSPS) is 21.4. The van der Waals surface area contributed by atoms with E-state index in [2.05, 4.69) is 24.3 Å². The minimum absolute atomic E-state index is 0.0142. The lowest BCUT2D eigenvalue weighted by Gasteiger charge is -2.34. The van der Waals surface area contributed by atoms with Crippen molar-refractivity contribution < 1.29 is 19.4 Å². The molecule has 1 N–H and O–H groups in total. The Kier molecular flexibility index (Phi) is 4.60. The van der Waals surface area contributed by atoms with Crippen molar-refractivity contribution in [3.05, 3.63) is 59.7 Å². The van der Waals surface area contributed by atoms with E-state index >= 15 is 0 Å². The predicted octanol–water partition coefficient (Wildman–Crippen LogP) is 3.98. The van der Waals surface area contributed by atoms with Gasteiger partial charge in [-0.1, -0.05) is 55.5 Å². The zero-order chi connectivity index (χ0) is 19.0. The Morgan fingerprint density at radius 1 is 1.07 bits per heavy atom. The van der Waals surface area contributed by atoms with Crippen molar-refractivity contribution in [2.75, 3.05) is 19.7 Å². The van der Waals surface area contributed by atoms with Crippen molar-refractivity contribution in [3.8, 4) is 11.1 Å². The zero-order valence-corrected chi connectivity index (χ0v) is 15.3. The van der Waals surface area contributed by atoms with E-state index in [0.29, 0.717) is 13.0 Å². The third-order valence-corrected chi connectivity index (χ3v) is 5.87. The van der Waals surface area contributed by atoms with Crippen LogP contribution in [0.4, 0.5) is 4.79 Å². The summed E-state index contributed by atoms with van der Waals surface area (Å²) in [5, 5.41) is 9.35. The van der Waals surface area contributed by atoms with Crippen LogP contribution in [-0.2, 0) is 9.53 Å². The van der Waals surface area contributed by atoms with Gasteiger partial charge in [0.05, 0.1) is 5.92 Å². The third-order valence-electron chi connectivity index (χ3n) is 5.87. The summed E-state index contributed by atoms with van der Waals surface area (Å²) in [4.78, 5) is 25.5. The summed E-state index contributed by atoms with van der Waals surface area (Å²) >= 11 is 0. The second kappa shape index (κ2) is 7.06. The van der Waals surface area contributed by atoms with E-state index in [1.165, 1.54) is 27.2 Å². The molecular weight excluding hydrogens is 342 g/mol.